The second kappa shape index (κ2) is 38.7. The molecular formula is C57H72Cl5F2N8O19PS3. The largest absolute Gasteiger partial charge is 0.778 e. The molecule has 2 heterocycles. The SMILES string of the molecule is CC1COc2ccccc2N1C(=O)C(Cl)Cl.CCc1cccc(C)c1N(C(=O)CCl)C(C)COC.CS(=O)(=O)c1ccc(C(=O)C2C(=O)CCCC2=O)c([N+](=O)[O-])c1.C[S+](C)C.Cc1nn(-c2cc(NS(C)(=O)=O)c(Cl)cc2Cl)c(=O)n1C(F)F.O=C(O)CNCP(=O)([O-])O. The molecule has 2 aliphatic rings. The van der Waals surface area contributed by atoms with Crippen molar-refractivity contribution < 1.29 is 88.2 Å². The Balaban J connectivity index is 0.000000407. The van der Waals surface area contributed by atoms with Crippen LogP contribution in [0.15, 0.2) is 82.5 Å². The number of nitrogens with zero attached hydrogens (tertiary/aromatic N) is 6. The molecule has 1 aliphatic carbocycles. The summed E-state index contributed by atoms with van der Waals surface area (Å²) in [5.41, 5.74) is 1.49. The van der Waals surface area contributed by atoms with Gasteiger partial charge in [0.05, 0.1) is 105 Å². The van der Waals surface area contributed by atoms with Crippen LogP contribution in [0.2, 0.25) is 10.0 Å². The van der Waals surface area contributed by atoms with E-state index >= 15 is 0 Å². The second-order valence-corrected chi connectivity index (χ2v) is 30.9. The highest BCUT2D eigenvalue weighted by Gasteiger charge is 2.39. The van der Waals surface area contributed by atoms with Crippen LogP contribution in [0.25, 0.3) is 5.69 Å². The number of rotatable bonds is 19. The number of carbonyl (C=O) groups excluding carboxylic acids is 5. The summed E-state index contributed by atoms with van der Waals surface area (Å²) < 4.78 is 94.9. The smallest absolute Gasteiger partial charge is 0.355 e. The van der Waals surface area contributed by atoms with Crippen LogP contribution in [0.5, 0.6) is 5.75 Å². The van der Waals surface area contributed by atoms with E-state index in [-0.39, 0.29) is 79.3 Å². The van der Waals surface area contributed by atoms with Gasteiger partial charge in [-0.3, -0.25) is 48.9 Å². The van der Waals surface area contributed by atoms with Crippen LogP contribution in [0.3, 0.4) is 0 Å². The van der Waals surface area contributed by atoms with Gasteiger partial charge >= 0.3 is 18.2 Å². The molecule has 1 aliphatic heterocycles. The van der Waals surface area contributed by atoms with E-state index in [4.69, 9.17) is 77.5 Å². The number of benzene rings is 4. The normalized spacial score (nSPS) is 14.6. The lowest BCUT2D eigenvalue weighted by Gasteiger charge is -2.35. The number of hydrogen-bond acceptors (Lipinski definition) is 19. The Morgan fingerprint density at radius 1 is 0.947 bits per heavy atom. The first kappa shape index (κ1) is 85.0. The minimum atomic E-state index is -4.35. The summed E-state index contributed by atoms with van der Waals surface area (Å²) >= 11 is 28.8. The van der Waals surface area contributed by atoms with Gasteiger partial charge in [-0.05, 0) is 99.0 Å². The van der Waals surface area contributed by atoms with E-state index in [0.717, 1.165) is 65.7 Å². The number of carboxylic acids is 1. The monoisotopic (exact) mass is 1510 g/mol. The molecule has 2 amide bonds. The van der Waals surface area contributed by atoms with E-state index in [9.17, 15) is 78.8 Å². The number of carboxylic acid groups (broad SMARTS) is 1. The lowest BCUT2D eigenvalue weighted by atomic mass is 9.81. The first-order valence-electron chi connectivity index (χ1n) is 27.7. The van der Waals surface area contributed by atoms with Gasteiger partial charge in [0.2, 0.25) is 15.9 Å². The molecule has 4 aromatic carbocycles. The number of nitro groups is 1. The molecule has 0 bridgehead atoms. The molecule has 3 atom stereocenters. The van der Waals surface area contributed by atoms with Crippen molar-refractivity contribution in [2.24, 2.45) is 5.92 Å². The number of ether oxygens (including phenoxy) is 2. The highest BCUT2D eigenvalue weighted by atomic mass is 35.5. The lowest BCUT2D eigenvalue weighted by molar-refractivity contribution is -0.385. The van der Waals surface area contributed by atoms with Gasteiger partial charge in [-0.2, -0.15) is 13.5 Å². The molecule has 526 valence electrons. The molecule has 5 aromatic rings. The van der Waals surface area contributed by atoms with Crippen LogP contribution in [-0.4, -0.2) is 168 Å². The molecule has 27 nitrogen and oxygen atoms in total. The molecule has 0 spiro atoms. The number of carbonyl (C=O) groups is 6. The second-order valence-electron chi connectivity index (χ2n) is 21.0. The van der Waals surface area contributed by atoms with E-state index in [0.29, 0.717) is 41.0 Å². The van der Waals surface area contributed by atoms with Gasteiger partial charge in [0.25, 0.3) is 11.6 Å². The number of para-hydroxylation sites is 3. The zero-order chi connectivity index (χ0) is 72.8. The maximum Gasteiger partial charge on any atom is 0.355 e. The highest BCUT2D eigenvalue weighted by Crippen LogP contribution is 2.36. The summed E-state index contributed by atoms with van der Waals surface area (Å²) in [7, 11) is -9.42. The number of methoxy groups -OCH3 is 1. The third-order valence-corrected chi connectivity index (χ3v) is 16.1. The number of sulfonamides is 1. The molecule has 1 saturated carbocycles. The van der Waals surface area contributed by atoms with Crippen molar-refractivity contribution in [2.45, 2.75) is 88.7 Å². The standard InChI is InChI=1S/C15H22ClNO2.C14H13NO7S.C11H10Cl2F2N4O3S.C11H11Cl2NO2.C3H8NO5P.C3H9S/c1-5-13-8-6-7-11(2)15(13)17(14(18)9-16)12(3)10-19-4;1-23(21,22)8-5-6-9(10(7-8)15(19)20)14(18)13-11(16)3-2-4-12(13)17;1-5-16-19(11(20)18(5)10(14)15)9-4-8(17-23(2,21)22)6(12)3-7(9)13;1-7-6-16-9-5-3-2-4-8(9)14(7)11(15)10(12)13;5-3(6)1-4-2-10(7,8)9;1-4(2)3/h6-8,12H,5,9-10H2,1-4H3;5-7,13H,2-4H2,1H3;3-4,10,17H,1-2H3;2-5,7,10H,6H2,1H3;4H,1-2H2,(H,5,6)(H2,7,8,9);1-3H3/q;;;;;+1/p-1. The average Bonchev–Trinajstić information content (AvgIpc) is 1.78. The van der Waals surface area contributed by atoms with Crippen LogP contribution < -0.4 is 35.2 Å². The van der Waals surface area contributed by atoms with E-state index in [1.54, 1.807) is 16.9 Å². The Morgan fingerprint density at radius 3 is 2.02 bits per heavy atom. The quantitative estimate of drug-likeness (QED) is 0.0116. The Hall–Kier alpha value is -6.13. The number of nitrogens with one attached hydrogen (secondary N) is 2. The van der Waals surface area contributed by atoms with E-state index in [1.807, 2.05) is 62.5 Å². The van der Waals surface area contributed by atoms with E-state index in [2.05, 4.69) is 41.6 Å². The number of Topliss-reactive ketones (excluding diaryl/α,β-unsaturated/α-hetero) is 3. The number of anilines is 3. The number of halogens is 7. The van der Waals surface area contributed by atoms with Gasteiger partial charge in [0.1, 0.15) is 37.6 Å². The number of nitro benzene ring substituents is 1. The van der Waals surface area contributed by atoms with Crippen LogP contribution in [-0.2, 0) is 70.5 Å². The van der Waals surface area contributed by atoms with Gasteiger partial charge < -0.3 is 38.7 Å². The number of aryl methyl sites for hydroxylation is 3. The van der Waals surface area contributed by atoms with Crippen LogP contribution in [0, 0.1) is 29.9 Å². The third-order valence-electron chi connectivity index (χ3n) is 12.6. The molecule has 1 fully saturated rings. The molecule has 38 heteroatoms. The van der Waals surface area contributed by atoms with Crippen molar-refractivity contribution >= 4 is 154 Å². The number of hydrogen-bond donors (Lipinski definition) is 4. The number of sulfone groups is 1. The fourth-order valence-electron chi connectivity index (χ4n) is 8.66. The molecule has 4 N–H and O–H groups in total. The summed E-state index contributed by atoms with van der Waals surface area (Å²) in [6, 6.07) is 18.4. The lowest BCUT2D eigenvalue weighted by Crippen LogP contribution is -2.47. The van der Waals surface area contributed by atoms with Crippen LogP contribution >= 0.6 is 65.6 Å². The van der Waals surface area contributed by atoms with Crippen molar-refractivity contribution in [3.63, 3.8) is 0 Å². The summed E-state index contributed by atoms with van der Waals surface area (Å²) in [6.45, 7) is 6.57. The minimum Gasteiger partial charge on any atom is -0.778 e. The number of aromatic nitrogens is 3. The van der Waals surface area contributed by atoms with Gasteiger partial charge in [0.15, 0.2) is 32.0 Å². The predicted molar refractivity (Wildman–Crippen MR) is 360 cm³/mol. The minimum absolute atomic E-state index is 0.0223. The maximum atomic E-state index is 12.8. The van der Waals surface area contributed by atoms with Gasteiger partial charge in [-0.25, -0.2) is 26.2 Å². The van der Waals surface area contributed by atoms with Gasteiger partial charge in [0, 0.05) is 32.3 Å². The van der Waals surface area contributed by atoms with Crippen molar-refractivity contribution in [2.75, 3.05) is 84.8 Å². The van der Waals surface area contributed by atoms with Gasteiger partial charge in [-0.1, -0.05) is 83.7 Å². The molecule has 0 saturated heterocycles. The Kier molecular flexibility index (Phi) is 34.6. The number of aliphatic carboxylic acids is 1. The molecule has 3 unspecified atom stereocenters. The summed E-state index contributed by atoms with van der Waals surface area (Å²) in [5, 5.41) is 24.7. The van der Waals surface area contributed by atoms with Gasteiger partial charge in [-0.15, -0.1) is 16.7 Å². The predicted octanol–water partition coefficient (Wildman–Crippen LogP) is 7.96. The van der Waals surface area contributed by atoms with Crippen molar-refractivity contribution in [3.05, 3.63) is 126 Å². The van der Waals surface area contributed by atoms with Crippen molar-refractivity contribution in [3.8, 4) is 11.4 Å². The molecule has 7 rings (SSSR count). The average molecular weight is 1520 g/mol. The maximum absolute atomic E-state index is 12.8. The molecule has 95 heavy (non-hydrogen) atoms. The van der Waals surface area contributed by atoms with E-state index in [1.165, 1.54) is 13.0 Å². The Morgan fingerprint density at radius 2 is 1.54 bits per heavy atom. The van der Waals surface area contributed by atoms with Crippen LogP contribution in [0.1, 0.15) is 73.9 Å². The van der Waals surface area contributed by atoms with Crippen molar-refractivity contribution in [1.29, 1.82) is 0 Å². The van der Waals surface area contributed by atoms with Crippen molar-refractivity contribution in [1.82, 2.24) is 19.7 Å². The molecule has 0 radical (unpaired) electrons. The zero-order valence-electron chi connectivity index (χ0n) is 53.0. The first-order valence-corrected chi connectivity index (χ1v) is 37.9. The first-order chi connectivity index (χ1) is 44.0. The third kappa shape index (κ3) is 26.7. The number of fused-ring (bicyclic) bond motifs is 1. The Bertz CT molecular complexity index is 3880. The number of ketones is 3. The van der Waals surface area contributed by atoms with Crippen LogP contribution in [0.4, 0.5) is 31.5 Å². The molecular weight excluding hydrogens is 1440 g/mol. The Labute approximate surface area is 575 Å². The number of amides is 2. The molecule has 1 aromatic heterocycles. The summed E-state index contributed by atoms with van der Waals surface area (Å²) in [6.07, 6.45) is 9.02. The highest BCUT2D eigenvalue weighted by molar-refractivity contribution is 7.94. The fraction of sp³-hybridized carbons (Fsp3) is 0.439. The summed E-state index contributed by atoms with van der Waals surface area (Å²) in [5.74, 6) is -4.75. The topological polar surface area (TPSA) is 383 Å². The summed E-state index contributed by atoms with van der Waals surface area (Å²) in [4.78, 5) is 112. The zero-order valence-corrected chi connectivity index (χ0v) is 60.1. The number of alkyl halides is 5. The fourth-order valence-corrected chi connectivity index (χ4v) is 11.2. The van der Waals surface area contributed by atoms with E-state index < -0.39 is 103 Å².